The smallest absolute Gasteiger partial charge is 0.254 e. The van der Waals surface area contributed by atoms with E-state index in [0.717, 1.165) is 35.0 Å². The molecule has 0 amide bonds. The highest BCUT2D eigenvalue weighted by Gasteiger charge is 2.37. The number of pyridine rings is 1. The molecular weight excluding hydrogens is 556 g/mol. The summed E-state index contributed by atoms with van der Waals surface area (Å²) in [6.07, 6.45) is 5.78. The molecule has 1 unspecified atom stereocenters. The number of nitrogens with one attached hydrogen (secondary N) is 1. The molecule has 1 atom stereocenters. The Morgan fingerprint density at radius 3 is 2.59 bits per heavy atom. The molecule has 0 saturated heterocycles. The summed E-state index contributed by atoms with van der Waals surface area (Å²) in [7, 11) is -3.60. The van der Waals surface area contributed by atoms with Crippen LogP contribution in [0.5, 0.6) is 5.75 Å². The van der Waals surface area contributed by atoms with E-state index in [4.69, 9.17) is 4.74 Å². The molecule has 0 fully saturated rings. The zero-order valence-electron chi connectivity index (χ0n) is 22.2. The minimum absolute atomic E-state index is 0.0102. The molecule has 37 heavy (non-hydrogen) atoms. The predicted octanol–water partition coefficient (Wildman–Crippen LogP) is 4.84. The number of hydrogen-bond acceptors (Lipinski definition) is 5. The summed E-state index contributed by atoms with van der Waals surface area (Å²) < 4.78 is 36.3. The van der Waals surface area contributed by atoms with Crippen molar-refractivity contribution in [2.24, 2.45) is 11.3 Å². The van der Waals surface area contributed by atoms with Crippen LogP contribution in [0.15, 0.2) is 56.1 Å². The quantitative estimate of drug-likeness (QED) is 0.271. The number of allylic oxidation sites excluding steroid dienone is 2. The van der Waals surface area contributed by atoms with Gasteiger partial charge in [0.1, 0.15) is 5.75 Å². The van der Waals surface area contributed by atoms with Gasteiger partial charge in [-0.15, -0.1) is 0 Å². The van der Waals surface area contributed by atoms with Crippen LogP contribution in [0.4, 0.5) is 0 Å². The third-order valence-corrected chi connectivity index (χ3v) is 9.02. The van der Waals surface area contributed by atoms with Crippen LogP contribution in [0, 0.1) is 11.3 Å². The molecule has 0 spiro atoms. The summed E-state index contributed by atoms with van der Waals surface area (Å²) in [5, 5.41) is 9.36. The molecule has 0 bridgehead atoms. The maximum absolute atomic E-state index is 13.0. The second-order valence-corrected chi connectivity index (χ2v) is 13.3. The van der Waals surface area contributed by atoms with Gasteiger partial charge < -0.3 is 14.4 Å². The van der Waals surface area contributed by atoms with Gasteiger partial charge in [-0.2, -0.15) is 0 Å². The van der Waals surface area contributed by atoms with Gasteiger partial charge in [-0.3, -0.25) is 4.79 Å². The van der Waals surface area contributed by atoms with Crippen molar-refractivity contribution in [2.45, 2.75) is 71.2 Å². The number of halogens is 1. The van der Waals surface area contributed by atoms with Crippen LogP contribution in [-0.2, 0) is 29.4 Å². The third-order valence-electron chi connectivity index (χ3n) is 7.02. The summed E-state index contributed by atoms with van der Waals surface area (Å²) in [6.45, 7) is 9.75. The van der Waals surface area contributed by atoms with E-state index in [2.05, 4.69) is 54.4 Å². The van der Waals surface area contributed by atoms with Gasteiger partial charge in [-0.1, -0.05) is 41.4 Å². The number of fused-ring (bicyclic) bond motifs is 1. The van der Waals surface area contributed by atoms with Gasteiger partial charge in [0.25, 0.3) is 5.56 Å². The zero-order valence-corrected chi connectivity index (χ0v) is 24.6. The van der Waals surface area contributed by atoms with Gasteiger partial charge in [0, 0.05) is 41.5 Å². The summed E-state index contributed by atoms with van der Waals surface area (Å²) in [5.74, 6) is 0.993. The van der Waals surface area contributed by atoms with Crippen molar-refractivity contribution in [1.29, 1.82) is 0 Å². The monoisotopic (exact) mass is 594 g/mol. The molecule has 1 aromatic carbocycles. The molecule has 1 aliphatic rings. The fourth-order valence-electron chi connectivity index (χ4n) is 4.78. The maximum atomic E-state index is 13.0. The Morgan fingerprint density at radius 2 is 1.95 bits per heavy atom. The molecule has 2 aromatic rings. The summed E-state index contributed by atoms with van der Waals surface area (Å²) in [5.41, 5.74) is 3.22. The highest BCUT2D eigenvalue weighted by Crippen LogP contribution is 2.44. The molecule has 0 aliphatic heterocycles. The first-order valence-electron chi connectivity index (χ1n) is 12.8. The van der Waals surface area contributed by atoms with E-state index in [9.17, 15) is 18.3 Å². The summed E-state index contributed by atoms with van der Waals surface area (Å²) >= 11 is 3.31. The highest BCUT2D eigenvalue weighted by atomic mass is 79.9. The van der Waals surface area contributed by atoms with Crippen molar-refractivity contribution in [2.75, 3.05) is 19.8 Å². The standard InChI is InChI=1S/C28H39BrN2O5S/c1-20(2)7-8-21-17-24-25(19-28(21,3)4)31(14-6-15-32)27(33)18-26(24)36-16-5-13-30-37(34,35)23-11-9-22(29)10-12-23/h7,9-12,18,21,30,32H,5-6,8,13-17,19H2,1-4H3. The molecule has 3 rings (SSSR count). The van der Waals surface area contributed by atoms with Crippen LogP contribution in [0.25, 0.3) is 0 Å². The molecule has 1 heterocycles. The Bertz CT molecular complexity index is 1260. The van der Waals surface area contributed by atoms with E-state index in [1.165, 1.54) is 5.57 Å². The summed E-state index contributed by atoms with van der Waals surface area (Å²) in [6, 6.07) is 8.03. The Labute approximate surface area is 229 Å². The molecule has 1 aromatic heterocycles. The Morgan fingerprint density at radius 1 is 1.24 bits per heavy atom. The largest absolute Gasteiger partial charge is 0.493 e. The number of aliphatic hydroxyl groups excluding tert-OH is 1. The molecule has 1 aliphatic carbocycles. The first-order chi connectivity index (χ1) is 17.4. The highest BCUT2D eigenvalue weighted by molar-refractivity contribution is 9.10. The van der Waals surface area contributed by atoms with Crippen LogP contribution >= 0.6 is 15.9 Å². The second kappa shape index (κ2) is 12.7. The average Bonchev–Trinajstić information content (AvgIpc) is 2.82. The molecular formula is C28H39BrN2O5S. The van der Waals surface area contributed by atoms with E-state index in [1.54, 1.807) is 34.9 Å². The van der Waals surface area contributed by atoms with Gasteiger partial charge in [-0.05, 0) is 81.5 Å². The fourth-order valence-corrected chi connectivity index (χ4v) is 6.11. The van der Waals surface area contributed by atoms with Gasteiger partial charge >= 0.3 is 0 Å². The predicted molar refractivity (Wildman–Crippen MR) is 151 cm³/mol. The number of nitrogens with zero attached hydrogens (tertiary/aromatic N) is 1. The average molecular weight is 596 g/mol. The van der Waals surface area contributed by atoms with Crippen molar-refractivity contribution < 1.29 is 18.3 Å². The minimum Gasteiger partial charge on any atom is -0.493 e. The number of sulfonamides is 1. The zero-order chi connectivity index (χ0) is 27.2. The van der Waals surface area contributed by atoms with E-state index >= 15 is 0 Å². The van der Waals surface area contributed by atoms with Crippen molar-refractivity contribution in [3.63, 3.8) is 0 Å². The van der Waals surface area contributed by atoms with Crippen LogP contribution in [0.3, 0.4) is 0 Å². The lowest BCUT2D eigenvalue weighted by molar-refractivity contribution is 0.182. The normalized spacial score (nSPS) is 16.8. The molecule has 204 valence electrons. The topological polar surface area (TPSA) is 97.6 Å². The first-order valence-corrected chi connectivity index (χ1v) is 15.1. The number of aliphatic hydroxyl groups is 1. The SMILES string of the molecule is CC(C)=CCC1Cc2c(OCCCNS(=O)(=O)c3ccc(Br)cc3)cc(=O)n(CCCO)c2CC1(C)C. The number of aromatic nitrogens is 1. The van der Waals surface area contributed by atoms with Gasteiger partial charge in [0.15, 0.2) is 0 Å². The number of benzene rings is 1. The van der Waals surface area contributed by atoms with E-state index in [-0.39, 0.29) is 35.6 Å². The van der Waals surface area contributed by atoms with Gasteiger partial charge in [0.05, 0.1) is 11.5 Å². The van der Waals surface area contributed by atoms with E-state index in [1.807, 2.05) is 0 Å². The van der Waals surface area contributed by atoms with Crippen LogP contribution in [0.1, 0.15) is 58.2 Å². The lowest BCUT2D eigenvalue weighted by Crippen LogP contribution is -2.38. The van der Waals surface area contributed by atoms with Crippen molar-refractivity contribution >= 4 is 26.0 Å². The van der Waals surface area contributed by atoms with Crippen LogP contribution in [-0.4, -0.2) is 37.8 Å². The lowest BCUT2D eigenvalue weighted by atomic mass is 9.66. The van der Waals surface area contributed by atoms with Crippen molar-refractivity contribution in [1.82, 2.24) is 9.29 Å². The molecule has 9 heteroatoms. The Hall–Kier alpha value is -1.94. The fraction of sp³-hybridized carbons (Fsp3) is 0.536. The van der Waals surface area contributed by atoms with Crippen molar-refractivity contribution in [3.05, 3.63) is 68.1 Å². The number of ether oxygens (including phenoxy) is 1. The molecule has 2 N–H and O–H groups in total. The van der Waals surface area contributed by atoms with Crippen LogP contribution in [0.2, 0.25) is 0 Å². The lowest BCUT2D eigenvalue weighted by Gasteiger charge is -2.41. The van der Waals surface area contributed by atoms with Gasteiger partial charge in [-0.25, -0.2) is 13.1 Å². The minimum atomic E-state index is -3.60. The number of rotatable bonds is 12. The summed E-state index contributed by atoms with van der Waals surface area (Å²) in [4.78, 5) is 13.2. The maximum Gasteiger partial charge on any atom is 0.254 e. The second-order valence-electron chi connectivity index (χ2n) is 10.6. The molecule has 7 nitrogen and oxygen atoms in total. The molecule has 0 saturated carbocycles. The third kappa shape index (κ3) is 7.78. The van der Waals surface area contributed by atoms with E-state index in [0.29, 0.717) is 31.1 Å². The van der Waals surface area contributed by atoms with Gasteiger partial charge in [0.2, 0.25) is 10.0 Å². The van der Waals surface area contributed by atoms with E-state index < -0.39 is 10.0 Å². The molecule has 0 radical (unpaired) electrons. The number of hydrogen-bond donors (Lipinski definition) is 2. The van der Waals surface area contributed by atoms with Crippen LogP contribution < -0.4 is 15.0 Å². The van der Waals surface area contributed by atoms with Crippen molar-refractivity contribution in [3.8, 4) is 5.75 Å². The first kappa shape index (κ1) is 29.6. The Kier molecular flexibility index (Phi) is 10.2. The Balaban J connectivity index is 1.75.